The average Bonchev–Trinajstić information content (AvgIpc) is 2.76. The second kappa shape index (κ2) is 5.77. The van der Waals surface area contributed by atoms with Gasteiger partial charge in [0, 0.05) is 5.92 Å². The molecular weight excluding hydrogens is 270 g/mol. The van der Waals surface area contributed by atoms with Gasteiger partial charge < -0.3 is 5.32 Å². The summed E-state index contributed by atoms with van der Waals surface area (Å²) in [6.07, 6.45) is 5.24. The summed E-state index contributed by atoms with van der Waals surface area (Å²) in [5.74, 6) is 1.15. The Kier molecular flexibility index (Phi) is 4.02. The van der Waals surface area contributed by atoms with Crippen LogP contribution in [-0.2, 0) is 11.2 Å². The maximum atomic E-state index is 12.4. The van der Waals surface area contributed by atoms with Gasteiger partial charge in [-0.05, 0) is 49.1 Å². The van der Waals surface area contributed by atoms with Crippen LogP contribution in [-0.4, -0.2) is 11.3 Å². The standard InChI is InChI=1S/C17H22ClNO/c1-11-6-8-12(9-7-11)17(20)19-16-14-5-3-2-4-13(14)10-15(16)18/h2-5,11-12,15-16H,6-10H2,1H3,(H,19,20). The van der Waals surface area contributed by atoms with Crippen LogP contribution in [0.5, 0.6) is 0 Å². The second-order valence-corrected chi connectivity index (χ2v) is 6.92. The maximum Gasteiger partial charge on any atom is 0.223 e. The molecule has 0 radical (unpaired) electrons. The Morgan fingerprint density at radius 3 is 2.65 bits per heavy atom. The Labute approximate surface area is 125 Å². The predicted octanol–water partition coefficient (Wildman–Crippen LogP) is 3.83. The minimum atomic E-state index is -0.0149. The topological polar surface area (TPSA) is 29.1 Å². The summed E-state index contributed by atoms with van der Waals surface area (Å²) in [6, 6.07) is 8.24. The Morgan fingerprint density at radius 2 is 1.90 bits per heavy atom. The number of alkyl halides is 1. The minimum Gasteiger partial charge on any atom is -0.348 e. The average molecular weight is 292 g/mol. The van der Waals surface area contributed by atoms with Crippen molar-refractivity contribution in [3.63, 3.8) is 0 Å². The molecule has 0 aliphatic heterocycles. The summed E-state index contributed by atoms with van der Waals surface area (Å²) in [5.41, 5.74) is 2.47. The summed E-state index contributed by atoms with van der Waals surface area (Å²) in [4.78, 5) is 12.4. The van der Waals surface area contributed by atoms with Crippen molar-refractivity contribution in [2.75, 3.05) is 0 Å². The highest BCUT2D eigenvalue weighted by atomic mass is 35.5. The number of amides is 1. The van der Waals surface area contributed by atoms with Gasteiger partial charge in [0.25, 0.3) is 0 Å². The van der Waals surface area contributed by atoms with Gasteiger partial charge in [0.1, 0.15) is 0 Å². The molecule has 0 saturated heterocycles. The summed E-state index contributed by atoms with van der Waals surface area (Å²) in [7, 11) is 0. The van der Waals surface area contributed by atoms with E-state index in [2.05, 4.69) is 24.4 Å². The summed E-state index contributed by atoms with van der Waals surface area (Å²) in [5, 5.41) is 3.18. The lowest BCUT2D eigenvalue weighted by molar-refractivity contribution is -0.126. The van der Waals surface area contributed by atoms with Gasteiger partial charge >= 0.3 is 0 Å². The molecule has 0 bridgehead atoms. The smallest absolute Gasteiger partial charge is 0.223 e. The molecule has 2 atom stereocenters. The van der Waals surface area contributed by atoms with Gasteiger partial charge in [-0.25, -0.2) is 0 Å². The van der Waals surface area contributed by atoms with Crippen molar-refractivity contribution in [3.8, 4) is 0 Å². The zero-order valence-electron chi connectivity index (χ0n) is 11.9. The first-order valence-corrected chi connectivity index (χ1v) is 8.11. The van der Waals surface area contributed by atoms with E-state index in [1.807, 2.05) is 12.1 Å². The van der Waals surface area contributed by atoms with Crippen LogP contribution in [0.2, 0.25) is 0 Å². The first-order valence-electron chi connectivity index (χ1n) is 7.67. The summed E-state index contributed by atoms with van der Waals surface area (Å²) >= 11 is 6.44. The molecule has 2 unspecified atom stereocenters. The Bertz CT molecular complexity index is 494. The Hall–Kier alpha value is -1.02. The number of carbonyl (C=O) groups excluding carboxylic acids is 1. The number of benzene rings is 1. The van der Waals surface area contributed by atoms with Crippen molar-refractivity contribution >= 4 is 17.5 Å². The lowest BCUT2D eigenvalue weighted by atomic mass is 9.82. The van der Waals surface area contributed by atoms with Gasteiger partial charge in [-0.15, -0.1) is 11.6 Å². The fraction of sp³-hybridized carbons (Fsp3) is 0.588. The third-order valence-electron chi connectivity index (χ3n) is 4.85. The molecule has 20 heavy (non-hydrogen) atoms. The van der Waals surface area contributed by atoms with Crippen LogP contribution in [0.1, 0.15) is 49.8 Å². The zero-order chi connectivity index (χ0) is 14.1. The maximum absolute atomic E-state index is 12.4. The van der Waals surface area contributed by atoms with E-state index < -0.39 is 0 Å². The minimum absolute atomic E-state index is 0.0142. The van der Waals surface area contributed by atoms with E-state index in [0.717, 1.165) is 25.2 Å². The van der Waals surface area contributed by atoms with Crippen LogP contribution in [0.4, 0.5) is 0 Å². The molecule has 1 fully saturated rings. The van der Waals surface area contributed by atoms with Gasteiger partial charge in [0.15, 0.2) is 0 Å². The van der Waals surface area contributed by atoms with Crippen molar-refractivity contribution < 1.29 is 4.79 Å². The van der Waals surface area contributed by atoms with E-state index in [0.29, 0.717) is 0 Å². The van der Waals surface area contributed by atoms with Gasteiger partial charge in [-0.1, -0.05) is 31.2 Å². The monoisotopic (exact) mass is 291 g/mol. The molecule has 3 heteroatoms. The van der Waals surface area contributed by atoms with Crippen LogP contribution in [0.3, 0.4) is 0 Å². The largest absolute Gasteiger partial charge is 0.348 e. The van der Waals surface area contributed by atoms with E-state index in [4.69, 9.17) is 11.6 Å². The first kappa shape index (κ1) is 13.9. The van der Waals surface area contributed by atoms with Crippen molar-refractivity contribution in [2.24, 2.45) is 11.8 Å². The Morgan fingerprint density at radius 1 is 1.20 bits per heavy atom. The van der Waals surface area contributed by atoms with Crippen molar-refractivity contribution in [1.29, 1.82) is 0 Å². The highest BCUT2D eigenvalue weighted by Crippen LogP contribution is 2.36. The highest BCUT2D eigenvalue weighted by molar-refractivity contribution is 6.21. The highest BCUT2D eigenvalue weighted by Gasteiger charge is 2.34. The molecule has 0 heterocycles. The fourth-order valence-corrected chi connectivity index (χ4v) is 3.87. The number of hydrogen-bond donors (Lipinski definition) is 1. The Balaban J connectivity index is 1.67. The molecule has 2 aliphatic rings. The second-order valence-electron chi connectivity index (χ2n) is 6.36. The van der Waals surface area contributed by atoms with Crippen LogP contribution >= 0.6 is 11.6 Å². The molecule has 1 saturated carbocycles. The van der Waals surface area contributed by atoms with Crippen LogP contribution in [0.25, 0.3) is 0 Å². The first-order chi connectivity index (χ1) is 9.65. The van der Waals surface area contributed by atoms with E-state index in [1.165, 1.54) is 24.0 Å². The molecular formula is C17H22ClNO. The fourth-order valence-electron chi connectivity index (χ4n) is 3.51. The lowest BCUT2D eigenvalue weighted by Crippen LogP contribution is -2.37. The predicted molar refractivity (Wildman–Crippen MR) is 81.8 cm³/mol. The normalized spacial score (nSPS) is 32.7. The van der Waals surface area contributed by atoms with Crippen molar-refractivity contribution in [2.45, 2.75) is 50.4 Å². The molecule has 2 aliphatic carbocycles. The molecule has 1 aromatic rings. The van der Waals surface area contributed by atoms with Gasteiger partial charge in [-0.2, -0.15) is 0 Å². The quantitative estimate of drug-likeness (QED) is 0.824. The van der Waals surface area contributed by atoms with Gasteiger partial charge in [0.05, 0.1) is 11.4 Å². The summed E-state index contributed by atoms with van der Waals surface area (Å²) in [6.45, 7) is 2.27. The number of halogens is 1. The van der Waals surface area contributed by atoms with Gasteiger partial charge in [-0.3, -0.25) is 4.79 Å². The molecule has 1 aromatic carbocycles. The zero-order valence-corrected chi connectivity index (χ0v) is 12.7. The molecule has 0 aromatic heterocycles. The SMILES string of the molecule is CC1CCC(C(=O)NC2c3ccccc3CC2Cl)CC1. The molecule has 1 amide bonds. The number of rotatable bonds is 2. The van der Waals surface area contributed by atoms with E-state index in [-0.39, 0.29) is 23.2 Å². The number of hydrogen-bond acceptors (Lipinski definition) is 1. The molecule has 108 valence electrons. The molecule has 0 spiro atoms. The molecule has 1 N–H and O–H groups in total. The van der Waals surface area contributed by atoms with Gasteiger partial charge in [0.2, 0.25) is 5.91 Å². The van der Waals surface area contributed by atoms with E-state index in [1.54, 1.807) is 0 Å². The molecule has 3 rings (SSSR count). The van der Waals surface area contributed by atoms with E-state index in [9.17, 15) is 4.79 Å². The number of nitrogens with one attached hydrogen (secondary N) is 1. The lowest BCUT2D eigenvalue weighted by Gasteiger charge is -2.27. The van der Waals surface area contributed by atoms with Crippen molar-refractivity contribution in [1.82, 2.24) is 5.32 Å². The number of fused-ring (bicyclic) bond motifs is 1. The van der Waals surface area contributed by atoms with Crippen LogP contribution in [0.15, 0.2) is 24.3 Å². The van der Waals surface area contributed by atoms with Crippen LogP contribution < -0.4 is 5.32 Å². The third kappa shape index (κ3) is 2.71. The van der Waals surface area contributed by atoms with Crippen LogP contribution in [0, 0.1) is 11.8 Å². The summed E-state index contributed by atoms with van der Waals surface area (Å²) < 4.78 is 0. The van der Waals surface area contributed by atoms with Crippen molar-refractivity contribution in [3.05, 3.63) is 35.4 Å². The number of carbonyl (C=O) groups is 1. The van der Waals surface area contributed by atoms with E-state index >= 15 is 0 Å². The third-order valence-corrected chi connectivity index (χ3v) is 5.26. The molecule has 2 nitrogen and oxygen atoms in total.